The van der Waals surface area contributed by atoms with Gasteiger partial charge in [-0.3, -0.25) is 4.21 Å². The number of rotatable bonds is 1. The van der Waals surface area contributed by atoms with Crippen LogP contribution in [-0.4, -0.2) is 9.46 Å². The predicted octanol–water partition coefficient (Wildman–Crippen LogP) is 1.51. The van der Waals surface area contributed by atoms with Crippen molar-refractivity contribution in [2.45, 2.75) is 37.9 Å². The van der Waals surface area contributed by atoms with Crippen molar-refractivity contribution in [1.82, 2.24) is 0 Å². The van der Waals surface area contributed by atoms with Crippen LogP contribution in [-0.2, 0) is 20.5 Å². The summed E-state index contributed by atoms with van der Waals surface area (Å²) < 4.78 is 10.9. The fraction of sp³-hybridized carbons (Fsp3) is 1.00. The maximum absolute atomic E-state index is 10.9. The molecule has 3 heteroatoms. The van der Waals surface area contributed by atoms with Gasteiger partial charge in [0.25, 0.3) is 0 Å². The smallest absolute Gasteiger partial charge is 0.0345 e. The highest BCUT2D eigenvalue weighted by Gasteiger charge is 2.18. The van der Waals surface area contributed by atoms with Crippen LogP contribution in [0.25, 0.3) is 0 Å². The molecule has 0 aliphatic heterocycles. The van der Waals surface area contributed by atoms with Crippen LogP contribution in [0.5, 0.6) is 0 Å². The van der Waals surface area contributed by atoms with Gasteiger partial charge in [0.2, 0.25) is 0 Å². The molecular weight excluding hydrogens is 164 g/mol. The van der Waals surface area contributed by atoms with Crippen molar-refractivity contribution in [3.05, 3.63) is 0 Å². The van der Waals surface area contributed by atoms with Gasteiger partial charge in [0.05, 0.1) is 0 Å². The van der Waals surface area contributed by atoms with Gasteiger partial charge in [0, 0.05) is 14.6 Å². The minimum absolute atomic E-state index is 0.362. The summed E-state index contributed by atoms with van der Waals surface area (Å²) in [4.78, 5) is 0. The molecule has 1 unspecified atom stereocenters. The molecule has 0 N–H and O–H groups in total. The van der Waals surface area contributed by atoms with E-state index in [0.717, 1.165) is 18.8 Å². The Bertz CT molecular complexity index is 158. The Hall–Kier alpha value is 0.370. The third-order valence-corrected chi connectivity index (χ3v) is 4.29. The zero-order valence-electron chi connectivity index (χ0n) is 6.25. The van der Waals surface area contributed by atoms with Crippen molar-refractivity contribution in [3.8, 4) is 0 Å². The molecule has 1 rings (SSSR count). The first-order chi connectivity index (χ1) is 4.70. The van der Waals surface area contributed by atoms with E-state index < -0.39 is 9.36 Å². The predicted molar refractivity (Wildman–Crippen MR) is 48.3 cm³/mol. The van der Waals surface area contributed by atoms with Crippen molar-refractivity contribution in [2.75, 3.05) is 0 Å². The second-order valence-corrected chi connectivity index (χ2v) is 5.58. The third kappa shape index (κ3) is 2.20. The third-order valence-electron chi connectivity index (χ3n) is 2.28. The number of hydrogen-bond donors (Lipinski definition) is 1. The van der Waals surface area contributed by atoms with E-state index in [2.05, 4.69) is 6.92 Å². The fourth-order valence-corrected chi connectivity index (χ4v) is 2.81. The van der Waals surface area contributed by atoms with Crippen LogP contribution < -0.4 is 0 Å². The quantitative estimate of drug-likeness (QED) is 0.613. The van der Waals surface area contributed by atoms with Gasteiger partial charge in [-0.05, 0) is 42.8 Å². The SMILES string of the molecule is CC1CCC([SH](=O)=S)CC1. The molecule has 1 fully saturated rings. The summed E-state index contributed by atoms with van der Waals surface area (Å²) in [5.41, 5.74) is 0. The topological polar surface area (TPSA) is 17.1 Å². The van der Waals surface area contributed by atoms with Crippen molar-refractivity contribution in [3.63, 3.8) is 0 Å². The first-order valence-corrected chi connectivity index (χ1v) is 6.18. The largest absolute Gasteiger partial charge is 0.260 e. The van der Waals surface area contributed by atoms with Crippen LogP contribution in [0.4, 0.5) is 0 Å². The number of thiol groups is 1. The molecule has 0 aromatic carbocycles. The summed E-state index contributed by atoms with van der Waals surface area (Å²) in [6.07, 6.45) is 4.64. The molecule has 60 valence electrons. The summed E-state index contributed by atoms with van der Waals surface area (Å²) >= 11 is 4.75. The molecule has 0 aromatic rings. The molecule has 1 atom stereocenters. The highest BCUT2D eigenvalue weighted by Crippen LogP contribution is 2.24. The molecule has 1 saturated carbocycles. The Balaban J connectivity index is 2.40. The molecule has 0 radical (unpaired) electrons. The van der Waals surface area contributed by atoms with Crippen molar-refractivity contribution >= 4 is 20.5 Å². The normalized spacial score (nSPS) is 37.3. The molecule has 0 aromatic heterocycles. The van der Waals surface area contributed by atoms with E-state index in [4.69, 9.17) is 11.2 Å². The Labute approximate surface area is 68.9 Å². The van der Waals surface area contributed by atoms with E-state index in [1.165, 1.54) is 12.8 Å². The maximum atomic E-state index is 10.9. The van der Waals surface area contributed by atoms with Gasteiger partial charge >= 0.3 is 0 Å². The molecule has 10 heavy (non-hydrogen) atoms. The Morgan fingerprint density at radius 3 is 2.20 bits per heavy atom. The van der Waals surface area contributed by atoms with E-state index in [0.29, 0.717) is 5.25 Å². The van der Waals surface area contributed by atoms with E-state index in [1.54, 1.807) is 0 Å². The Morgan fingerprint density at radius 1 is 1.30 bits per heavy atom. The monoisotopic (exact) mass is 178 g/mol. The second-order valence-electron chi connectivity index (χ2n) is 3.20. The highest BCUT2D eigenvalue weighted by molar-refractivity contribution is 8.22. The van der Waals surface area contributed by atoms with Gasteiger partial charge in [-0.2, -0.15) is 0 Å². The van der Waals surface area contributed by atoms with Crippen molar-refractivity contribution < 1.29 is 4.21 Å². The molecule has 1 aliphatic rings. The average molecular weight is 178 g/mol. The van der Waals surface area contributed by atoms with E-state index >= 15 is 0 Å². The van der Waals surface area contributed by atoms with E-state index in [-0.39, 0.29) is 0 Å². The average Bonchev–Trinajstić information content (AvgIpc) is 1.88. The van der Waals surface area contributed by atoms with E-state index in [9.17, 15) is 4.21 Å². The van der Waals surface area contributed by atoms with Crippen molar-refractivity contribution in [2.24, 2.45) is 5.92 Å². The fourth-order valence-electron chi connectivity index (χ4n) is 1.45. The summed E-state index contributed by atoms with van der Waals surface area (Å²) in [7, 11) is -1.30. The minimum atomic E-state index is -1.30. The lowest BCUT2D eigenvalue weighted by molar-refractivity contribution is 0.390. The summed E-state index contributed by atoms with van der Waals surface area (Å²) in [6.45, 7) is 2.26. The van der Waals surface area contributed by atoms with Gasteiger partial charge in [0.1, 0.15) is 0 Å². The molecule has 1 nitrogen and oxygen atoms in total. The van der Waals surface area contributed by atoms with Crippen LogP contribution in [0.2, 0.25) is 0 Å². The summed E-state index contributed by atoms with van der Waals surface area (Å²) in [5, 5.41) is 0.362. The molecule has 0 heterocycles. The first kappa shape index (κ1) is 8.47. The van der Waals surface area contributed by atoms with Crippen LogP contribution in [0.3, 0.4) is 0 Å². The van der Waals surface area contributed by atoms with Crippen LogP contribution in [0.1, 0.15) is 32.6 Å². The van der Waals surface area contributed by atoms with E-state index in [1.807, 2.05) is 0 Å². The molecule has 0 amide bonds. The standard InChI is InChI=1S/C7H14OS2/c1-6-2-4-7(5-3-6)10(8)9/h6-7,10H,2-5H2,1H3. The lowest BCUT2D eigenvalue weighted by Gasteiger charge is -2.22. The minimum Gasteiger partial charge on any atom is -0.260 e. The molecule has 0 bridgehead atoms. The maximum Gasteiger partial charge on any atom is 0.0345 e. The second kappa shape index (κ2) is 3.67. The van der Waals surface area contributed by atoms with Gasteiger partial charge in [-0.15, -0.1) is 0 Å². The Kier molecular flexibility index (Phi) is 3.11. The number of hydrogen-bond acceptors (Lipinski definition) is 2. The van der Waals surface area contributed by atoms with Crippen LogP contribution in [0, 0.1) is 5.92 Å². The van der Waals surface area contributed by atoms with Crippen LogP contribution in [0.15, 0.2) is 0 Å². The molecular formula is C7H14OS2. The molecule has 0 saturated heterocycles. The lowest BCUT2D eigenvalue weighted by Crippen LogP contribution is -2.17. The van der Waals surface area contributed by atoms with Gasteiger partial charge in [-0.1, -0.05) is 6.92 Å². The highest BCUT2D eigenvalue weighted by atomic mass is 32.8. The zero-order valence-corrected chi connectivity index (χ0v) is 7.96. The zero-order chi connectivity index (χ0) is 7.56. The van der Waals surface area contributed by atoms with Gasteiger partial charge in [-0.25, -0.2) is 0 Å². The van der Waals surface area contributed by atoms with Gasteiger partial charge in [0.15, 0.2) is 0 Å². The summed E-state index contributed by atoms with van der Waals surface area (Å²) in [6, 6.07) is 0. The first-order valence-electron chi connectivity index (χ1n) is 3.83. The molecule has 0 spiro atoms. The summed E-state index contributed by atoms with van der Waals surface area (Å²) in [5.74, 6) is 0.834. The van der Waals surface area contributed by atoms with Crippen molar-refractivity contribution in [1.29, 1.82) is 0 Å². The Morgan fingerprint density at radius 2 is 1.80 bits per heavy atom. The molecule has 1 aliphatic carbocycles. The lowest BCUT2D eigenvalue weighted by atomic mass is 9.91. The van der Waals surface area contributed by atoms with Gasteiger partial charge < -0.3 is 0 Å². The van der Waals surface area contributed by atoms with Crippen LogP contribution >= 0.6 is 0 Å².